The second kappa shape index (κ2) is 7.94. The van der Waals surface area contributed by atoms with Gasteiger partial charge in [0.05, 0.1) is 25.6 Å². The molecule has 0 saturated carbocycles. The highest BCUT2D eigenvalue weighted by molar-refractivity contribution is 6.29. The van der Waals surface area contributed by atoms with Crippen LogP contribution in [-0.4, -0.2) is 47.3 Å². The molecule has 0 bridgehead atoms. The molecule has 1 heterocycles. The van der Waals surface area contributed by atoms with Gasteiger partial charge < -0.3 is 15.2 Å². The summed E-state index contributed by atoms with van der Waals surface area (Å²) in [6, 6.07) is 0. The fraction of sp³-hybridized carbons (Fsp3) is 0.500. The Morgan fingerprint density at radius 2 is 2.29 bits per heavy atom. The molecule has 2 N–H and O–H groups in total. The molecule has 0 fully saturated rings. The van der Waals surface area contributed by atoms with Crippen LogP contribution in [0.2, 0.25) is 5.15 Å². The number of aliphatic hydroxyl groups excluding tert-OH is 1. The van der Waals surface area contributed by atoms with E-state index in [1.807, 2.05) is 0 Å². The van der Waals surface area contributed by atoms with Crippen molar-refractivity contribution < 1.29 is 14.6 Å². The zero-order valence-corrected chi connectivity index (χ0v) is 9.98. The molecular weight excluding hydrogens is 246 g/mol. The van der Waals surface area contributed by atoms with Crippen molar-refractivity contribution in [3.8, 4) is 0 Å². The van der Waals surface area contributed by atoms with E-state index in [0.29, 0.717) is 26.2 Å². The van der Waals surface area contributed by atoms with Gasteiger partial charge in [-0.15, -0.1) is 0 Å². The molecule has 94 valence electrons. The number of hydrogen-bond acceptors (Lipinski definition) is 5. The number of rotatable bonds is 7. The van der Waals surface area contributed by atoms with Gasteiger partial charge in [-0.2, -0.15) is 0 Å². The number of carbonyl (C=O) groups is 1. The Bertz CT molecular complexity index is 362. The Morgan fingerprint density at radius 1 is 1.47 bits per heavy atom. The topological polar surface area (TPSA) is 84.3 Å². The minimum atomic E-state index is -0.317. The zero-order valence-electron chi connectivity index (χ0n) is 9.23. The number of ether oxygens (including phenoxy) is 1. The first-order valence-electron chi connectivity index (χ1n) is 5.18. The maximum Gasteiger partial charge on any atom is 0.271 e. The van der Waals surface area contributed by atoms with Crippen molar-refractivity contribution in [3.63, 3.8) is 0 Å². The highest BCUT2D eigenvalue weighted by Crippen LogP contribution is 2.01. The van der Waals surface area contributed by atoms with Crippen molar-refractivity contribution in [3.05, 3.63) is 23.2 Å². The first-order chi connectivity index (χ1) is 8.24. The fourth-order valence-corrected chi connectivity index (χ4v) is 1.23. The third-order valence-electron chi connectivity index (χ3n) is 1.82. The number of carbonyl (C=O) groups excluding carboxylic acids is 1. The van der Waals surface area contributed by atoms with Gasteiger partial charge in [0.25, 0.3) is 5.91 Å². The minimum Gasteiger partial charge on any atom is -0.394 e. The third kappa shape index (κ3) is 5.58. The Labute approximate surface area is 104 Å². The predicted octanol–water partition coefficient (Wildman–Crippen LogP) is 0.259. The van der Waals surface area contributed by atoms with Gasteiger partial charge in [0.1, 0.15) is 10.8 Å². The number of aliphatic hydroxyl groups is 1. The molecule has 1 rings (SSSR count). The van der Waals surface area contributed by atoms with Gasteiger partial charge in [0, 0.05) is 13.2 Å². The maximum absolute atomic E-state index is 11.5. The van der Waals surface area contributed by atoms with Crippen LogP contribution in [0.4, 0.5) is 0 Å². The first kappa shape index (κ1) is 13.8. The summed E-state index contributed by atoms with van der Waals surface area (Å²) in [5.41, 5.74) is 0.189. The minimum absolute atomic E-state index is 0.00443. The predicted molar refractivity (Wildman–Crippen MR) is 61.9 cm³/mol. The fourth-order valence-electron chi connectivity index (χ4n) is 1.08. The number of nitrogens with zero attached hydrogens (tertiary/aromatic N) is 2. The maximum atomic E-state index is 11.5. The zero-order chi connectivity index (χ0) is 12.5. The lowest BCUT2D eigenvalue weighted by molar-refractivity contribution is 0.0865. The standard InChI is InChI=1S/C10H14ClN3O3/c11-9-7-12-6-8(14-9)10(16)13-2-1-4-17-5-3-15/h6-7,15H,1-5H2,(H,13,16). The Hall–Kier alpha value is -1.24. The highest BCUT2D eigenvalue weighted by atomic mass is 35.5. The van der Waals surface area contributed by atoms with Crippen LogP contribution in [0, 0.1) is 0 Å². The summed E-state index contributed by atoms with van der Waals surface area (Å²) in [7, 11) is 0. The number of hydrogen-bond donors (Lipinski definition) is 2. The van der Waals surface area contributed by atoms with E-state index < -0.39 is 0 Å². The summed E-state index contributed by atoms with van der Waals surface area (Å²) in [5.74, 6) is -0.317. The van der Waals surface area contributed by atoms with Crippen molar-refractivity contribution in [2.45, 2.75) is 6.42 Å². The lowest BCUT2D eigenvalue weighted by Crippen LogP contribution is -2.26. The quantitative estimate of drug-likeness (QED) is 0.686. The molecule has 7 heteroatoms. The summed E-state index contributed by atoms with van der Waals surface area (Å²) in [5, 5.41) is 11.3. The second-order valence-electron chi connectivity index (χ2n) is 3.17. The van der Waals surface area contributed by atoms with E-state index in [9.17, 15) is 4.79 Å². The second-order valence-corrected chi connectivity index (χ2v) is 3.56. The molecule has 0 aliphatic carbocycles. The Kier molecular flexibility index (Phi) is 6.46. The monoisotopic (exact) mass is 259 g/mol. The summed E-state index contributed by atoms with van der Waals surface area (Å²) >= 11 is 5.61. The average molecular weight is 260 g/mol. The first-order valence-corrected chi connectivity index (χ1v) is 5.56. The molecule has 0 atom stereocenters. The molecule has 17 heavy (non-hydrogen) atoms. The molecule has 0 spiro atoms. The highest BCUT2D eigenvalue weighted by Gasteiger charge is 2.06. The van der Waals surface area contributed by atoms with Crippen LogP contribution in [0.25, 0.3) is 0 Å². The Morgan fingerprint density at radius 3 is 3.00 bits per heavy atom. The largest absolute Gasteiger partial charge is 0.394 e. The normalized spacial score (nSPS) is 10.2. The van der Waals surface area contributed by atoms with Gasteiger partial charge >= 0.3 is 0 Å². The average Bonchev–Trinajstić information content (AvgIpc) is 2.33. The molecule has 0 aromatic carbocycles. The molecule has 0 unspecified atom stereocenters. The summed E-state index contributed by atoms with van der Waals surface area (Å²) < 4.78 is 5.04. The third-order valence-corrected chi connectivity index (χ3v) is 2.01. The van der Waals surface area contributed by atoms with Gasteiger partial charge in [0.15, 0.2) is 0 Å². The number of nitrogens with one attached hydrogen (secondary N) is 1. The van der Waals surface area contributed by atoms with Crippen LogP contribution < -0.4 is 5.32 Å². The molecule has 1 aromatic rings. The van der Waals surface area contributed by atoms with Crippen molar-refractivity contribution >= 4 is 17.5 Å². The molecule has 1 amide bonds. The van der Waals surface area contributed by atoms with Crippen molar-refractivity contribution in [2.24, 2.45) is 0 Å². The molecule has 0 aliphatic heterocycles. The van der Waals surface area contributed by atoms with E-state index in [1.54, 1.807) is 0 Å². The molecule has 0 aliphatic rings. The van der Waals surface area contributed by atoms with Crippen molar-refractivity contribution in [1.82, 2.24) is 15.3 Å². The summed E-state index contributed by atoms with van der Waals surface area (Å²) in [6.07, 6.45) is 3.38. The summed E-state index contributed by atoms with van der Waals surface area (Å²) in [6.45, 7) is 1.28. The van der Waals surface area contributed by atoms with E-state index in [4.69, 9.17) is 21.4 Å². The van der Waals surface area contributed by atoms with Gasteiger partial charge in [-0.05, 0) is 6.42 Å². The van der Waals surface area contributed by atoms with Crippen LogP contribution in [-0.2, 0) is 4.74 Å². The molecule has 6 nitrogen and oxygen atoms in total. The number of aromatic nitrogens is 2. The van der Waals surface area contributed by atoms with Gasteiger partial charge in [-0.3, -0.25) is 9.78 Å². The van der Waals surface area contributed by atoms with Crippen molar-refractivity contribution in [2.75, 3.05) is 26.4 Å². The molecule has 1 aromatic heterocycles. The van der Waals surface area contributed by atoms with E-state index in [2.05, 4.69) is 15.3 Å². The molecule has 0 radical (unpaired) electrons. The van der Waals surface area contributed by atoms with Gasteiger partial charge in [-0.1, -0.05) is 11.6 Å². The van der Waals surface area contributed by atoms with E-state index in [0.717, 1.165) is 0 Å². The Balaban J connectivity index is 2.21. The molecular formula is C10H14ClN3O3. The number of amides is 1. The smallest absolute Gasteiger partial charge is 0.271 e. The van der Waals surface area contributed by atoms with Crippen LogP contribution >= 0.6 is 11.6 Å². The van der Waals surface area contributed by atoms with Crippen LogP contribution in [0.5, 0.6) is 0 Å². The lowest BCUT2D eigenvalue weighted by atomic mass is 10.4. The van der Waals surface area contributed by atoms with Gasteiger partial charge in [-0.25, -0.2) is 4.98 Å². The van der Waals surface area contributed by atoms with Crippen LogP contribution in [0.3, 0.4) is 0 Å². The van der Waals surface area contributed by atoms with Crippen molar-refractivity contribution in [1.29, 1.82) is 0 Å². The van der Waals surface area contributed by atoms with Gasteiger partial charge in [0.2, 0.25) is 0 Å². The van der Waals surface area contributed by atoms with E-state index in [-0.39, 0.29) is 23.4 Å². The lowest BCUT2D eigenvalue weighted by Gasteiger charge is -2.04. The molecule has 0 saturated heterocycles. The SMILES string of the molecule is O=C(NCCCOCCO)c1cncc(Cl)n1. The van der Waals surface area contributed by atoms with Crippen LogP contribution in [0.1, 0.15) is 16.9 Å². The van der Waals surface area contributed by atoms with Crippen LogP contribution in [0.15, 0.2) is 12.4 Å². The summed E-state index contributed by atoms with van der Waals surface area (Å²) in [4.78, 5) is 19.1. The van der Waals surface area contributed by atoms with E-state index in [1.165, 1.54) is 12.4 Å². The van der Waals surface area contributed by atoms with E-state index >= 15 is 0 Å². The number of halogens is 1.